The molecule has 2 aromatic heterocycles. The summed E-state index contributed by atoms with van der Waals surface area (Å²) in [4.78, 5) is 0. The van der Waals surface area contributed by atoms with E-state index in [2.05, 4.69) is 5.32 Å². The van der Waals surface area contributed by atoms with Crippen molar-refractivity contribution < 1.29 is 8.83 Å². The van der Waals surface area contributed by atoms with Crippen molar-refractivity contribution in [2.75, 3.05) is 7.05 Å². The Morgan fingerprint density at radius 2 is 2.27 bits per heavy atom. The Kier molecular flexibility index (Phi) is 3.25. The zero-order valence-electron chi connectivity index (χ0n) is 8.77. The quantitative estimate of drug-likeness (QED) is 0.815. The van der Waals surface area contributed by atoms with E-state index < -0.39 is 0 Å². The molecule has 0 bridgehead atoms. The van der Waals surface area contributed by atoms with E-state index in [9.17, 15) is 0 Å². The first-order chi connectivity index (χ1) is 7.40. The van der Waals surface area contributed by atoms with Crippen LogP contribution in [0.3, 0.4) is 0 Å². The van der Waals surface area contributed by atoms with E-state index in [4.69, 9.17) is 8.83 Å². The van der Waals surface area contributed by atoms with Gasteiger partial charge < -0.3 is 14.2 Å². The van der Waals surface area contributed by atoms with E-state index in [1.807, 2.05) is 25.2 Å². The van der Waals surface area contributed by atoms with Gasteiger partial charge in [-0.05, 0) is 31.7 Å². The van der Waals surface area contributed by atoms with Crippen LogP contribution in [0.25, 0.3) is 0 Å². The first-order valence-corrected chi connectivity index (χ1v) is 5.12. The lowest BCUT2D eigenvalue weighted by molar-refractivity contribution is 0.466. The molecule has 1 N–H and O–H groups in total. The van der Waals surface area contributed by atoms with E-state index in [1.165, 1.54) is 5.56 Å². The fourth-order valence-electron chi connectivity index (χ4n) is 1.69. The number of rotatable bonds is 5. The maximum atomic E-state index is 5.29. The molecule has 0 aliphatic heterocycles. The summed E-state index contributed by atoms with van der Waals surface area (Å²) in [6.45, 7) is 0. The Bertz CT molecular complexity index is 364. The molecule has 0 amide bonds. The Morgan fingerprint density at radius 1 is 1.33 bits per heavy atom. The van der Waals surface area contributed by atoms with Gasteiger partial charge in [0.2, 0.25) is 0 Å². The molecule has 3 heteroatoms. The summed E-state index contributed by atoms with van der Waals surface area (Å²) in [5.41, 5.74) is 1.18. The monoisotopic (exact) mass is 205 g/mol. The van der Waals surface area contributed by atoms with Gasteiger partial charge in [0.15, 0.2) is 0 Å². The normalized spacial score (nSPS) is 12.9. The third-order valence-electron chi connectivity index (χ3n) is 2.55. The van der Waals surface area contributed by atoms with Gasteiger partial charge in [0.25, 0.3) is 0 Å². The van der Waals surface area contributed by atoms with Crippen molar-refractivity contribution in [3.05, 3.63) is 48.3 Å². The average Bonchev–Trinajstić information content (AvgIpc) is 2.90. The Hall–Kier alpha value is -1.48. The van der Waals surface area contributed by atoms with E-state index in [0.29, 0.717) is 6.04 Å². The maximum absolute atomic E-state index is 5.29. The topological polar surface area (TPSA) is 38.3 Å². The van der Waals surface area contributed by atoms with Crippen molar-refractivity contribution in [3.8, 4) is 0 Å². The van der Waals surface area contributed by atoms with Crippen LogP contribution in [0.1, 0.15) is 23.8 Å². The molecular formula is C12H15NO2. The van der Waals surface area contributed by atoms with Crippen molar-refractivity contribution in [3.63, 3.8) is 0 Å². The molecule has 15 heavy (non-hydrogen) atoms. The molecule has 0 aliphatic carbocycles. The second-order valence-electron chi connectivity index (χ2n) is 3.52. The van der Waals surface area contributed by atoms with Crippen molar-refractivity contribution in [1.29, 1.82) is 0 Å². The van der Waals surface area contributed by atoms with Gasteiger partial charge in [-0.15, -0.1) is 0 Å². The largest absolute Gasteiger partial charge is 0.472 e. The fourth-order valence-corrected chi connectivity index (χ4v) is 1.69. The fraction of sp³-hybridized carbons (Fsp3) is 0.333. The molecular weight excluding hydrogens is 190 g/mol. The molecule has 80 valence electrons. The van der Waals surface area contributed by atoms with Gasteiger partial charge in [0.05, 0.1) is 18.8 Å². The molecule has 0 radical (unpaired) electrons. The van der Waals surface area contributed by atoms with Crippen LogP contribution in [0.4, 0.5) is 0 Å². The Balaban J connectivity index is 1.92. The van der Waals surface area contributed by atoms with Gasteiger partial charge in [-0.1, -0.05) is 0 Å². The van der Waals surface area contributed by atoms with Gasteiger partial charge in [-0.25, -0.2) is 0 Å². The lowest BCUT2D eigenvalue weighted by Crippen LogP contribution is -2.16. The molecule has 1 atom stereocenters. The van der Waals surface area contributed by atoms with Crippen LogP contribution in [0, 0.1) is 0 Å². The van der Waals surface area contributed by atoms with Crippen LogP contribution >= 0.6 is 0 Å². The number of furan rings is 2. The molecule has 0 spiro atoms. The molecule has 0 aromatic carbocycles. The predicted octanol–water partition coefficient (Wildman–Crippen LogP) is 2.77. The third-order valence-corrected chi connectivity index (χ3v) is 2.55. The second kappa shape index (κ2) is 4.84. The summed E-state index contributed by atoms with van der Waals surface area (Å²) in [7, 11) is 1.96. The van der Waals surface area contributed by atoms with E-state index >= 15 is 0 Å². The van der Waals surface area contributed by atoms with Gasteiger partial charge in [-0.3, -0.25) is 0 Å². The molecule has 2 rings (SSSR count). The van der Waals surface area contributed by atoms with Crippen molar-refractivity contribution >= 4 is 0 Å². The van der Waals surface area contributed by atoms with Crippen LogP contribution in [0.2, 0.25) is 0 Å². The average molecular weight is 205 g/mol. The second-order valence-corrected chi connectivity index (χ2v) is 3.52. The van der Waals surface area contributed by atoms with Gasteiger partial charge in [-0.2, -0.15) is 0 Å². The zero-order chi connectivity index (χ0) is 10.5. The SMILES string of the molecule is CNC(CCc1ccco1)c1ccoc1. The van der Waals surface area contributed by atoms with Crippen molar-refractivity contribution in [2.24, 2.45) is 0 Å². The lowest BCUT2D eigenvalue weighted by Gasteiger charge is -2.12. The highest BCUT2D eigenvalue weighted by molar-refractivity contribution is 5.12. The molecule has 0 saturated heterocycles. The molecule has 2 aromatic rings. The number of nitrogens with one attached hydrogen (secondary N) is 1. The van der Waals surface area contributed by atoms with Crippen LogP contribution in [-0.4, -0.2) is 7.05 Å². The van der Waals surface area contributed by atoms with E-state index in [-0.39, 0.29) is 0 Å². The Labute approximate surface area is 89.1 Å². The minimum atomic E-state index is 0.328. The maximum Gasteiger partial charge on any atom is 0.103 e. The van der Waals surface area contributed by atoms with E-state index in [0.717, 1.165) is 18.6 Å². The highest BCUT2D eigenvalue weighted by atomic mass is 16.3. The standard InChI is InChI=1S/C12H15NO2/c1-13-12(10-6-8-14-9-10)5-4-11-3-2-7-15-11/h2-3,6-9,12-13H,4-5H2,1H3. The number of hydrogen-bond acceptors (Lipinski definition) is 3. The first-order valence-electron chi connectivity index (χ1n) is 5.12. The number of aryl methyl sites for hydroxylation is 1. The van der Waals surface area contributed by atoms with Crippen LogP contribution in [-0.2, 0) is 6.42 Å². The highest BCUT2D eigenvalue weighted by Crippen LogP contribution is 2.19. The van der Waals surface area contributed by atoms with Gasteiger partial charge >= 0.3 is 0 Å². The zero-order valence-corrected chi connectivity index (χ0v) is 8.77. The summed E-state index contributed by atoms with van der Waals surface area (Å²) in [5.74, 6) is 1.03. The van der Waals surface area contributed by atoms with Crippen LogP contribution < -0.4 is 5.32 Å². The summed E-state index contributed by atoms with van der Waals surface area (Å²) in [6.07, 6.45) is 7.13. The van der Waals surface area contributed by atoms with Crippen molar-refractivity contribution in [2.45, 2.75) is 18.9 Å². The lowest BCUT2D eigenvalue weighted by atomic mass is 10.0. The van der Waals surface area contributed by atoms with Gasteiger partial charge in [0, 0.05) is 18.0 Å². The summed E-state index contributed by atoms with van der Waals surface area (Å²) >= 11 is 0. The molecule has 3 nitrogen and oxygen atoms in total. The van der Waals surface area contributed by atoms with E-state index in [1.54, 1.807) is 18.8 Å². The minimum absolute atomic E-state index is 0.328. The molecule has 2 heterocycles. The minimum Gasteiger partial charge on any atom is -0.472 e. The molecule has 0 fully saturated rings. The summed E-state index contributed by atoms with van der Waals surface area (Å²) in [6, 6.07) is 6.24. The van der Waals surface area contributed by atoms with Crippen LogP contribution in [0.5, 0.6) is 0 Å². The first kappa shape index (κ1) is 10.1. The molecule has 0 saturated carbocycles. The third kappa shape index (κ3) is 2.50. The van der Waals surface area contributed by atoms with Gasteiger partial charge in [0.1, 0.15) is 5.76 Å². The summed E-state index contributed by atoms with van der Waals surface area (Å²) in [5, 5.41) is 3.27. The van der Waals surface area contributed by atoms with Crippen molar-refractivity contribution in [1.82, 2.24) is 5.32 Å². The predicted molar refractivity (Wildman–Crippen MR) is 57.5 cm³/mol. The summed E-state index contributed by atoms with van der Waals surface area (Å²) < 4.78 is 10.4. The number of hydrogen-bond donors (Lipinski definition) is 1. The van der Waals surface area contributed by atoms with Crippen LogP contribution in [0.15, 0.2) is 45.8 Å². The molecule has 0 aliphatic rings. The molecule has 1 unspecified atom stereocenters. The Morgan fingerprint density at radius 3 is 2.87 bits per heavy atom. The highest BCUT2D eigenvalue weighted by Gasteiger charge is 2.10. The smallest absolute Gasteiger partial charge is 0.103 e.